The molecule has 26 heavy (non-hydrogen) atoms. The largest absolute Gasteiger partial charge is 0.462 e. The Morgan fingerprint density at radius 2 is 1.15 bits per heavy atom. The van der Waals surface area contributed by atoms with E-state index in [1.807, 2.05) is 0 Å². The molecule has 4 nitrogen and oxygen atoms in total. The first-order valence-corrected chi connectivity index (χ1v) is 10.3. The summed E-state index contributed by atoms with van der Waals surface area (Å²) in [6.07, 6.45) is 7.67. The Hall–Kier alpha value is -1.32. The van der Waals surface area contributed by atoms with Gasteiger partial charge in [0.25, 0.3) is 0 Å². The van der Waals surface area contributed by atoms with Gasteiger partial charge in [0, 0.05) is 11.1 Å². The number of unbranched alkanes of at least 4 members (excludes halogenated alkanes) is 4. The van der Waals surface area contributed by atoms with Crippen LogP contribution in [-0.4, -0.2) is 25.2 Å². The molecule has 0 aromatic rings. The summed E-state index contributed by atoms with van der Waals surface area (Å²) in [7, 11) is 0. The zero-order valence-electron chi connectivity index (χ0n) is 17.9. The fourth-order valence-corrected chi connectivity index (χ4v) is 2.55. The van der Waals surface area contributed by atoms with Crippen LogP contribution in [0.3, 0.4) is 0 Å². The molecule has 0 bridgehead atoms. The van der Waals surface area contributed by atoms with Gasteiger partial charge in [-0.15, -0.1) is 0 Å². The van der Waals surface area contributed by atoms with Gasteiger partial charge in [-0.05, 0) is 37.5 Å². The second-order valence-corrected chi connectivity index (χ2v) is 8.13. The van der Waals surface area contributed by atoms with Gasteiger partial charge < -0.3 is 9.47 Å². The molecule has 0 spiro atoms. The Kier molecular flexibility index (Phi) is 13.1. The molecule has 0 saturated carbocycles. The smallest absolute Gasteiger partial charge is 0.334 e. The summed E-state index contributed by atoms with van der Waals surface area (Å²) in [4.78, 5) is 25.4. The minimum atomic E-state index is -0.354. The highest BCUT2D eigenvalue weighted by atomic mass is 16.5. The number of hydrogen-bond acceptors (Lipinski definition) is 4. The van der Waals surface area contributed by atoms with E-state index in [1.54, 1.807) is 0 Å². The second-order valence-electron chi connectivity index (χ2n) is 8.13. The lowest BCUT2D eigenvalue weighted by Gasteiger charge is -2.22. The summed E-state index contributed by atoms with van der Waals surface area (Å²) in [5, 5.41) is 0. The van der Waals surface area contributed by atoms with Crippen molar-refractivity contribution in [2.24, 2.45) is 5.41 Å². The first-order valence-electron chi connectivity index (χ1n) is 10.3. The zero-order chi connectivity index (χ0) is 20.0. The van der Waals surface area contributed by atoms with Gasteiger partial charge in [-0.1, -0.05) is 67.2 Å². The van der Waals surface area contributed by atoms with Gasteiger partial charge in [0.15, 0.2) is 0 Å². The normalized spacial score (nSPS) is 12.5. The maximum Gasteiger partial charge on any atom is 0.334 e. The third kappa shape index (κ3) is 11.3. The molecule has 0 saturated heterocycles. The third-order valence-corrected chi connectivity index (χ3v) is 4.06. The second kappa shape index (κ2) is 13.8. The Bertz CT molecular complexity index is 444. The first kappa shape index (κ1) is 24.7. The maximum absolute atomic E-state index is 12.7. The van der Waals surface area contributed by atoms with Gasteiger partial charge in [0.1, 0.15) is 0 Å². The minimum Gasteiger partial charge on any atom is -0.462 e. The van der Waals surface area contributed by atoms with E-state index in [1.165, 1.54) is 0 Å². The van der Waals surface area contributed by atoms with Gasteiger partial charge >= 0.3 is 11.9 Å². The van der Waals surface area contributed by atoms with E-state index >= 15 is 0 Å². The molecule has 4 heteroatoms. The highest BCUT2D eigenvalue weighted by molar-refractivity contribution is 6.00. The number of esters is 2. The summed E-state index contributed by atoms with van der Waals surface area (Å²) in [5.41, 5.74) is 0.913. The van der Waals surface area contributed by atoms with Crippen molar-refractivity contribution in [1.29, 1.82) is 0 Å². The van der Waals surface area contributed by atoms with Gasteiger partial charge in [0.05, 0.1) is 13.2 Å². The molecule has 0 atom stereocenters. The van der Waals surface area contributed by atoms with Crippen LogP contribution in [0.5, 0.6) is 0 Å². The van der Waals surface area contributed by atoms with Crippen molar-refractivity contribution in [2.75, 3.05) is 13.2 Å². The summed E-state index contributed by atoms with van der Waals surface area (Å²) < 4.78 is 10.9. The van der Waals surface area contributed by atoms with E-state index in [0.29, 0.717) is 37.2 Å². The lowest BCUT2D eigenvalue weighted by molar-refractivity contribution is -0.143. The van der Waals surface area contributed by atoms with Crippen molar-refractivity contribution in [3.05, 3.63) is 11.1 Å². The maximum atomic E-state index is 12.7. The van der Waals surface area contributed by atoms with E-state index in [0.717, 1.165) is 44.9 Å². The van der Waals surface area contributed by atoms with Crippen molar-refractivity contribution >= 4 is 11.9 Å². The van der Waals surface area contributed by atoms with Crippen LogP contribution in [-0.2, 0) is 19.1 Å². The molecular weight excluding hydrogens is 328 g/mol. The number of carbonyl (C=O) groups is 2. The monoisotopic (exact) mass is 368 g/mol. The SMILES string of the molecule is CCCCC/C(C(=O)OCCCC)=C(\CC(C)(C)C)C(=O)OCCCC. The first-order chi connectivity index (χ1) is 12.3. The van der Waals surface area contributed by atoms with E-state index in [9.17, 15) is 9.59 Å². The average Bonchev–Trinajstić information content (AvgIpc) is 2.56. The molecule has 152 valence electrons. The van der Waals surface area contributed by atoms with Crippen LogP contribution in [0.15, 0.2) is 11.1 Å². The van der Waals surface area contributed by atoms with Crippen LogP contribution in [0.1, 0.15) is 99.3 Å². The fourth-order valence-electron chi connectivity index (χ4n) is 2.55. The summed E-state index contributed by atoms with van der Waals surface area (Å²) in [5.74, 6) is -0.700. The molecule has 0 aliphatic heterocycles. The van der Waals surface area contributed by atoms with Gasteiger partial charge in [-0.2, -0.15) is 0 Å². The lowest BCUT2D eigenvalue weighted by Crippen LogP contribution is -2.21. The third-order valence-electron chi connectivity index (χ3n) is 4.06. The Balaban J connectivity index is 5.55. The summed E-state index contributed by atoms with van der Waals surface area (Å²) >= 11 is 0. The Labute approximate surface area is 160 Å². The van der Waals surface area contributed by atoms with Crippen LogP contribution in [0.2, 0.25) is 0 Å². The van der Waals surface area contributed by atoms with Crippen molar-refractivity contribution in [3.63, 3.8) is 0 Å². The van der Waals surface area contributed by atoms with Crippen molar-refractivity contribution in [1.82, 2.24) is 0 Å². The number of carbonyl (C=O) groups excluding carboxylic acids is 2. The molecule has 0 aromatic heterocycles. The highest BCUT2D eigenvalue weighted by Gasteiger charge is 2.27. The van der Waals surface area contributed by atoms with Gasteiger partial charge in [-0.3, -0.25) is 0 Å². The molecule has 0 amide bonds. The van der Waals surface area contributed by atoms with Crippen molar-refractivity contribution in [3.8, 4) is 0 Å². The van der Waals surface area contributed by atoms with Gasteiger partial charge in [0.2, 0.25) is 0 Å². The molecule has 0 N–H and O–H groups in total. The summed E-state index contributed by atoms with van der Waals surface area (Å²) in [6.45, 7) is 13.2. The van der Waals surface area contributed by atoms with E-state index in [4.69, 9.17) is 9.47 Å². The molecule has 0 heterocycles. The molecule has 0 rings (SSSR count). The molecule has 0 fully saturated rings. The van der Waals surface area contributed by atoms with Crippen LogP contribution < -0.4 is 0 Å². The highest BCUT2D eigenvalue weighted by Crippen LogP contribution is 2.29. The topological polar surface area (TPSA) is 52.6 Å². The lowest BCUT2D eigenvalue weighted by atomic mass is 9.85. The Morgan fingerprint density at radius 1 is 0.692 bits per heavy atom. The number of ether oxygens (including phenoxy) is 2. The predicted octanol–water partition coefficient (Wildman–Crippen LogP) is 5.99. The van der Waals surface area contributed by atoms with Crippen LogP contribution in [0.4, 0.5) is 0 Å². The average molecular weight is 369 g/mol. The zero-order valence-corrected chi connectivity index (χ0v) is 17.9. The molecule has 0 aliphatic carbocycles. The quantitative estimate of drug-likeness (QED) is 0.228. The van der Waals surface area contributed by atoms with Crippen molar-refractivity contribution in [2.45, 2.75) is 99.3 Å². The fraction of sp³-hybridized carbons (Fsp3) is 0.818. The molecule has 0 unspecified atom stereocenters. The molecule has 0 aromatic carbocycles. The molecular formula is C22H40O4. The van der Waals surface area contributed by atoms with E-state index < -0.39 is 0 Å². The standard InChI is InChI=1S/C22H40O4/c1-7-10-13-14-18(20(23)25-15-11-8-2)19(17-22(4,5)6)21(24)26-16-12-9-3/h7-17H2,1-6H3/b19-18-. The van der Waals surface area contributed by atoms with E-state index in [2.05, 4.69) is 41.5 Å². The van der Waals surface area contributed by atoms with Crippen LogP contribution in [0.25, 0.3) is 0 Å². The number of rotatable bonds is 13. The number of hydrogen-bond donors (Lipinski definition) is 0. The Morgan fingerprint density at radius 3 is 1.58 bits per heavy atom. The van der Waals surface area contributed by atoms with Crippen LogP contribution in [0, 0.1) is 5.41 Å². The molecule has 0 aliphatic rings. The van der Waals surface area contributed by atoms with Gasteiger partial charge in [-0.25, -0.2) is 9.59 Å². The minimum absolute atomic E-state index is 0.112. The van der Waals surface area contributed by atoms with E-state index in [-0.39, 0.29) is 17.4 Å². The summed E-state index contributed by atoms with van der Waals surface area (Å²) in [6, 6.07) is 0. The van der Waals surface area contributed by atoms with Crippen molar-refractivity contribution < 1.29 is 19.1 Å². The molecule has 0 radical (unpaired) electrons. The van der Waals surface area contributed by atoms with Crippen LogP contribution >= 0.6 is 0 Å². The predicted molar refractivity (Wildman–Crippen MR) is 107 cm³/mol.